The summed E-state index contributed by atoms with van der Waals surface area (Å²) >= 11 is 0. The van der Waals surface area contributed by atoms with Crippen LogP contribution in [-0.2, 0) is 9.59 Å². The fourth-order valence-electron chi connectivity index (χ4n) is 2.75. The average Bonchev–Trinajstić information content (AvgIpc) is 2.90. The number of carboxylic acid groups (broad SMARTS) is 1. The van der Waals surface area contributed by atoms with Crippen molar-refractivity contribution in [3.05, 3.63) is 23.8 Å². The SMILES string of the molecule is CN(C)CCCN1CC(C(=O)Nc2ccc(C(=O)O)cc2O)CC1=O. The third-order valence-corrected chi connectivity index (χ3v) is 4.12. The Morgan fingerprint density at radius 1 is 1.36 bits per heavy atom. The summed E-state index contributed by atoms with van der Waals surface area (Å²) in [5, 5.41) is 21.3. The zero-order valence-electron chi connectivity index (χ0n) is 14.4. The molecule has 1 fully saturated rings. The van der Waals surface area contributed by atoms with Gasteiger partial charge in [-0.05, 0) is 45.3 Å². The molecule has 1 heterocycles. The largest absolute Gasteiger partial charge is 0.506 e. The van der Waals surface area contributed by atoms with Gasteiger partial charge in [-0.25, -0.2) is 4.79 Å². The summed E-state index contributed by atoms with van der Waals surface area (Å²) in [6.07, 6.45) is 0.978. The predicted molar refractivity (Wildman–Crippen MR) is 91.6 cm³/mol. The molecule has 1 aliphatic heterocycles. The molecule has 1 unspecified atom stereocenters. The van der Waals surface area contributed by atoms with Crippen molar-refractivity contribution in [2.24, 2.45) is 5.92 Å². The number of phenols is 1. The van der Waals surface area contributed by atoms with E-state index in [-0.39, 0.29) is 35.2 Å². The van der Waals surface area contributed by atoms with Crippen LogP contribution in [0.25, 0.3) is 0 Å². The van der Waals surface area contributed by atoms with Gasteiger partial charge in [-0.3, -0.25) is 9.59 Å². The Balaban J connectivity index is 1.93. The van der Waals surface area contributed by atoms with Gasteiger partial charge in [0, 0.05) is 19.5 Å². The second-order valence-corrected chi connectivity index (χ2v) is 6.42. The molecular weight excluding hydrogens is 326 g/mol. The Hall–Kier alpha value is -2.61. The number of rotatable bonds is 7. The molecule has 0 radical (unpaired) electrons. The molecule has 1 aromatic rings. The maximum absolute atomic E-state index is 12.3. The minimum atomic E-state index is -1.16. The first kappa shape index (κ1) is 18.7. The summed E-state index contributed by atoms with van der Waals surface area (Å²) in [5.41, 5.74) is 0.0621. The van der Waals surface area contributed by atoms with E-state index in [1.165, 1.54) is 12.1 Å². The molecule has 8 nitrogen and oxygen atoms in total. The van der Waals surface area contributed by atoms with Crippen LogP contribution in [0.3, 0.4) is 0 Å². The van der Waals surface area contributed by atoms with Crippen LogP contribution in [0.1, 0.15) is 23.2 Å². The number of carboxylic acids is 1. The van der Waals surface area contributed by atoms with Gasteiger partial charge in [0.05, 0.1) is 17.2 Å². The van der Waals surface area contributed by atoms with Gasteiger partial charge in [0.25, 0.3) is 0 Å². The lowest BCUT2D eigenvalue weighted by Gasteiger charge is -2.18. The molecule has 1 atom stereocenters. The van der Waals surface area contributed by atoms with E-state index in [9.17, 15) is 19.5 Å². The predicted octanol–water partition coefficient (Wildman–Crippen LogP) is 0.829. The topological polar surface area (TPSA) is 110 Å². The second-order valence-electron chi connectivity index (χ2n) is 6.42. The van der Waals surface area contributed by atoms with Crippen LogP contribution in [0.15, 0.2) is 18.2 Å². The fourth-order valence-corrected chi connectivity index (χ4v) is 2.75. The summed E-state index contributed by atoms with van der Waals surface area (Å²) < 4.78 is 0. The van der Waals surface area contributed by atoms with E-state index < -0.39 is 11.9 Å². The van der Waals surface area contributed by atoms with Crippen molar-refractivity contribution < 1.29 is 24.6 Å². The van der Waals surface area contributed by atoms with Crippen LogP contribution in [0.2, 0.25) is 0 Å². The van der Waals surface area contributed by atoms with E-state index in [2.05, 4.69) is 5.32 Å². The van der Waals surface area contributed by atoms with Crippen molar-refractivity contribution in [1.82, 2.24) is 9.80 Å². The van der Waals surface area contributed by atoms with Crippen LogP contribution >= 0.6 is 0 Å². The first-order valence-electron chi connectivity index (χ1n) is 8.07. The van der Waals surface area contributed by atoms with Crippen LogP contribution in [0, 0.1) is 5.92 Å². The molecule has 1 saturated heterocycles. The van der Waals surface area contributed by atoms with E-state index in [0.29, 0.717) is 13.1 Å². The third-order valence-electron chi connectivity index (χ3n) is 4.12. The molecule has 1 aromatic carbocycles. The molecule has 2 amide bonds. The van der Waals surface area contributed by atoms with Gasteiger partial charge in [0.15, 0.2) is 0 Å². The van der Waals surface area contributed by atoms with Crippen molar-refractivity contribution in [3.63, 3.8) is 0 Å². The highest BCUT2D eigenvalue weighted by atomic mass is 16.4. The first-order valence-corrected chi connectivity index (χ1v) is 8.07. The number of nitrogens with zero attached hydrogens (tertiary/aromatic N) is 2. The maximum Gasteiger partial charge on any atom is 0.335 e. The standard InChI is InChI=1S/C17H23N3O5/c1-19(2)6-3-7-20-10-12(9-15(20)22)16(23)18-13-5-4-11(17(24)25)8-14(13)21/h4-5,8,12,21H,3,6-7,9-10H2,1-2H3,(H,18,23)(H,24,25). The lowest BCUT2D eigenvalue weighted by Crippen LogP contribution is -2.30. The number of amides is 2. The quantitative estimate of drug-likeness (QED) is 0.629. The lowest BCUT2D eigenvalue weighted by molar-refractivity contribution is -0.128. The van der Waals surface area contributed by atoms with Crippen molar-refractivity contribution in [1.29, 1.82) is 0 Å². The number of carbonyl (C=O) groups excluding carboxylic acids is 2. The number of phenolic OH excluding ortho intramolecular Hbond substituents is 1. The Morgan fingerprint density at radius 3 is 2.68 bits per heavy atom. The number of benzene rings is 1. The molecule has 8 heteroatoms. The van der Waals surface area contributed by atoms with Crippen LogP contribution in [-0.4, -0.2) is 71.5 Å². The zero-order valence-corrected chi connectivity index (χ0v) is 14.4. The normalized spacial score (nSPS) is 17.2. The highest BCUT2D eigenvalue weighted by molar-refractivity contribution is 5.98. The number of likely N-dealkylation sites (tertiary alicyclic amines) is 1. The van der Waals surface area contributed by atoms with Gasteiger partial charge in [-0.15, -0.1) is 0 Å². The van der Waals surface area contributed by atoms with Crippen molar-refractivity contribution in [2.75, 3.05) is 39.0 Å². The zero-order chi connectivity index (χ0) is 18.6. The molecule has 2 rings (SSSR count). The number of anilines is 1. The van der Waals surface area contributed by atoms with Crippen molar-refractivity contribution in [2.45, 2.75) is 12.8 Å². The summed E-state index contributed by atoms with van der Waals surface area (Å²) in [6.45, 7) is 1.83. The number of hydrogen-bond donors (Lipinski definition) is 3. The molecular formula is C17H23N3O5. The lowest BCUT2D eigenvalue weighted by atomic mass is 10.1. The maximum atomic E-state index is 12.3. The summed E-state index contributed by atoms with van der Waals surface area (Å²) in [7, 11) is 3.92. The molecule has 0 aliphatic carbocycles. The van der Waals surface area contributed by atoms with E-state index in [0.717, 1.165) is 19.0 Å². The molecule has 0 saturated carbocycles. The molecule has 1 aliphatic rings. The van der Waals surface area contributed by atoms with Gasteiger partial charge < -0.3 is 25.3 Å². The third kappa shape index (κ3) is 4.93. The number of nitrogens with one attached hydrogen (secondary N) is 1. The smallest absolute Gasteiger partial charge is 0.335 e. The van der Waals surface area contributed by atoms with Crippen LogP contribution in [0.4, 0.5) is 5.69 Å². The van der Waals surface area contributed by atoms with Crippen molar-refractivity contribution >= 4 is 23.5 Å². The number of carbonyl (C=O) groups is 3. The monoisotopic (exact) mass is 349 g/mol. The summed E-state index contributed by atoms with van der Waals surface area (Å²) in [6, 6.07) is 3.71. The summed E-state index contributed by atoms with van der Waals surface area (Å²) in [5.74, 6) is -2.38. The Kier molecular flexibility index (Phi) is 5.97. The van der Waals surface area contributed by atoms with E-state index in [1.54, 1.807) is 4.90 Å². The van der Waals surface area contributed by atoms with Gasteiger partial charge in [-0.2, -0.15) is 0 Å². The van der Waals surface area contributed by atoms with Gasteiger partial charge in [0.1, 0.15) is 5.75 Å². The van der Waals surface area contributed by atoms with E-state index in [1.807, 2.05) is 19.0 Å². The van der Waals surface area contributed by atoms with Crippen molar-refractivity contribution in [3.8, 4) is 5.75 Å². The summed E-state index contributed by atoms with van der Waals surface area (Å²) in [4.78, 5) is 38.9. The Labute approximate surface area is 146 Å². The highest BCUT2D eigenvalue weighted by Crippen LogP contribution is 2.26. The highest BCUT2D eigenvalue weighted by Gasteiger charge is 2.34. The molecule has 25 heavy (non-hydrogen) atoms. The molecule has 0 bridgehead atoms. The van der Waals surface area contributed by atoms with Gasteiger partial charge in [-0.1, -0.05) is 0 Å². The average molecular weight is 349 g/mol. The second kappa shape index (κ2) is 7.98. The van der Waals surface area contributed by atoms with Crippen LogP contribution in [0.5, 0.6) is 5.75 Å². The van der Waals surface area contributed by atoms with Gasteiger partial charge >= 0.3 is 5.97 Å². The number of hydrogen-bond acceptors (Lipinski definition) is 5. The van der Waals surface area contributed by atoms with Crippen LogP contribution < -0.4 is 5.32 Å². The Morgan fingerprint density at radius 2 is 2.08 bits per heavy atom. The molecule has 0 spiro atoms. The first-order chi connectivity index (χ1) is 11.8. The molecule has 0 aromatic heterocycles. The van der Waals surface area contributed by atoms with E-state index >= 15 is 0 Å². The van der Waals surface area contributed by atoms with Gasteiger partial charge in [0.2, 0.25) is 11.8 Å². The van der Waals surface area contributed by atoms with E-state index in [4.69, 9.17) is 5.11 Å². The minimum absolute atomic E-state index is 0.0515. The fraction of sp³-hybridized carbons (Fsp3) is 0.471. The number of aromatic carboxylic acids is 1. The molecule has 136 valence electrons. The Bertz CT molecular complexity index is 674. The number of aromatic hydroxyl groups is 1. The molecule has 3 N–H and O–H groups in total. The minimum Gasteiger partial charge on any atom is -0.506 e.